The minimum Gasteiger partial charge on any atom is -0.358 e. The molecule has 0 aliphatic rings. The number of carbonyl (C=O) groups excluding carboxylic acids is 1. The van der Waals surface area contributed by atoms with Gasteiger partial charge in [0.15, 0.2) is 11.0 Å². The Morgan fingerprint density at radius 2 is 1.90 bits per heavy atom. The van der Waals surface area contributed by atoms with Crippen LogP contribution in [0.2, 0.25) is 5.15 Å². The highest BCUT2D eigenvalue weighted by molar-refractivity contribution is 9.10. The second-order valence-electron chi connectivity index (χ2n) is 5.99. The zero-order chi connectivity index (χ0) is 22.6. The molecule has 0 saturated heterocycles. The fourth-order valence-electron chi connectivity index (χ4n) is 2.35. The average Bonchev–Trinajstić information content (AvgIpc) is 3.09. The van der Waals surface area contributed by atoms with E-state index >= 15 is 0 Å². The number of halogens is 2. The quantitative estimate of drug-likeness (QED) is 0.332. The number of sulfonamides is 1. The third-order valence-corrected chi connectivity index (χ3v) is 5.89. The van der Waals surface area contributed by atoms with Crippen molar-refractivity contribution in [3.05, 3.63) is 62.3 Å². The summed E-state index contributed by atoms with van der Waals surface area (Å²) in [6.45, 7) is 0.122. The van der Waals surface area contributed by atoms with Crippen LogP contribution in [0.1, 0.15) is 6.42 Å². The first kappa shape index (κ1) is 22.6. The minimum atomic E-state index is -3.91. The van der Waals surface area contributed by atoms with E-state index in [-0.39, 0.29) is 45.0 Å². The molecular weight excluding hydrogens is 518 g/mol. The second kappa shape index (κ2) is 9.36. The Kier molecular flexibility index (Phi) is 6.82. The monoisotopic (exact) mass is 529 g/mol. The van der Waals surface area contributed by atoms with Gasteiger partial charge >= 0.3 is 5.82 Å². The van der Waals surface area contributed by atoms with Crippen molar-refractivity contribution in [1.82, 2.24) is 20.0 Å². The molecule has 31 heavy (non-hydrogen) atoms. The maximum Gasteiger partial charge on any atom is 0.404 e. The topological polar surface area (TPSA) is 162 Å². The molecule has 3 rings (SSSR count). The van der Waals surface area contributed by atoms with Crippen molar-refractivity contribution in [1.29, 1.82) is 0 Å². The lowest BCUT2D eigenvalue weighted by molar-refractivity contribution is -0.390. The molecule has 15 heteroatoms. The number of anilines is 2. The summed E-state index contributed by atoms with van der Waals surface area (Å²) in [6, 6.07) is 8.24. The molecular formula is C16H13BrClN7O5S. The van der Waals surface area contributed by atoms with Crippen LogP contribution in [0.15, 0.2) is 52.0 Å². The van der Waals surface area contributed by atoms with Crippen LogP contribution in [0, 0.1) is 10.1 Å². The predicted octanol–water partition coefficient (Wildman–Crippen LogP) is 2.83. The molecule has 0 atom stereocenters. The molecule has 3 aromatic rings. The molecule has 2 aromatic heterocycles. The summed E-state index contributed by atoms with van der Waals surface area (Å²) in [5.41, 5.74) is 0.378. The van der Waals surface area contributed by atoms with E-state index in [0.717, 1.165) is 0 Å². The number of hydrogen-bond acceptors (Lipinski definition) is 8. The highest BCUT2D eigenvalue weighted by atomic mass is 79.9. The fraction of sp³-hybridized carbons (Fsp3) is 0.125. The number of benzene rings is 1. The molecule has 12 nitrogen and oxygen atoms in total. The molecule has 0 saturated carbocycles. The van der Waals surface area contributed by atoms with Gasteiger partial charge in [-0.15, -0.1) is 10.2 Å². The summed E-state index contributed by atoms with van der Waals surface area (Å²) in [5, 5.41) is 24.5. The van der Waals surface area contributed by atoms with Gasteiger partial charge in [0.25, 0.3) is 10.0 Å². The Morgan fingerprint density at radius 3 is 2.48 bits per heavy atom. The third kappa shape index (κ3) is 5.96. The van der Waals surface area contributed by atoms with Crippen molar-refractivity contribution in [2.45, 2.75) is 17.9 Å². The number of rotatable bonds is 8. The van der Waals surface area contributed by atoms with E-state index in [1.165, 1.54) is 47.3 Å². The first-order valence-electron chi connectivity index (χ1n) is 8.43. The van der Waals surface area contributed by atoms with Crippen LogP contribution in [-0.4, -0.2) is 39.2 Å². The van der Waals surface area contributed by atoms with Crippen LogP contribution >= 0.6 is 27.5 Å². The van der Waals surface area contributed by atoms with Crippen molar-refractivity contribution < 1.29 is 18.1 Å². The summed E-state index contributed by atoms with van der Waals surface area (Å²) >= 11 is 8.65. The molecule has 1 aromatic carbocycles. The smallest absolute Gasteiger partial charge is 0.358 e. The lowest BCUT2D eigenvalue weighted by Gasteiger charge is -2.08. The van der Waals surface area contributed by atoms with Gasteiger partial charge in [-0.25, -0.2) is 8.42 Å². The average molecular weight is 531 g/mol. The number of aryl methyl sites for hydroxylation is 1. The Hall–Kier alpha value is -3.10. The van der Waals surface area contributed by atoms with E-state index in [1.807, 2.05) is 0 Å². The van der Waals surface area contributed by atoms with Gasteiger partial charge in [-0.1, -0.05) is 11.6 Å². The summed E-state index contributed by atoms with van der Waals surface area (Å²) < 4.78 is 28.6. The lowest BCUT2D eigenvalue weighted by atomic mass is 10.3. The van der Waals surface area contributed by atoms with E-state index in [0.29, 0.717) is 5.69 Å². The number of amides is 1. The van der Waals surface area contributed by atoms with E-state index in [1.54, 1.807) is 0 Å². The fourth-order valence-corrected chi connectivity index (χ4v) is 3.91. The van der Waals surface area contributed by atoms with Gasteiger partial charge in [-0.2, -0.15) is 4.68 Å². The van der Waals surface area contributed by atoms with Gasteiger partial charge < -0.3 is 15.4 Å². The van der Waals surface area contributed by atoms with Crippen LogP contribution in [0.4, 0.5) is 17.3 Å². The van der Waals surface area contributed by atoms with Gasteiger partial charge in [-0.3, -0.25) is 9.52 Å². The SMILES string of the molecule is O=C(CCn1cc(Br)c([N+](=O)[O-])n1)Nc1ccc(S(=O)(=O)Nc2ccc(Cl)nn2)cc1. The molecule has 2 N–H and O–H groups in total. The van der Waals surface area contributed by atoms with Crippen LogP contribution in [-0.2, 0) is 21.4 Å². The number of nitrogens with one attached hydrogen (secondary N) is 2. The number of carbonyl (C=O) groups is 1. The predicted molar refractivity (Wildman–Crippen MR) is 114 cm³/mol. The van der Waals surface area contributed by atoms with Crippen molar-refractivity contribution in [2.75, 3.05) is 10.0 Å². The maximum atomic E-state index is 12.4. The normalized spacial score (nSPS) is 11.2. The molecule has 0 aliphatic carbocycles. The highest BCUT2D eigenvalue weighted by Crippen LogP contribution is 2.22. The van der Waals surface area contributed by atoms with Crippen LogP contribution < -0.4 is 10.0 Å². The summed E-state index contributed by atoms with van der Waals surface area (Å²) in [7, 11) is -3.91. The molecule has 0 radical (unpaired) electrons. The Labute approximate surface area is 189 Å². The molecule has 2 heterocycles. The number of nitro groups is 1. The second-order valence-corrected chi connectivity index (χ2v) is 8.91. The zero-order valence-electron chi connectivity index (χ0n) is 15.4. The molecule has 0 spiro atoms. The van der Waals surface area contributed by atoms with Gasteiger partial charge in [0.05, 0.1) is 22.7 Å². The van der Waals surface area contributed by atoms with Crippen molar-refractivity contribution in [3.63, 3.8) is 0 Å². The van der Waals surface area contributed by atoms with Crippen LogP contribution in [0.3, 0.4) is 0 Å². The van der Waals surface area contributed by atoms with E-state index in [4.69, 9.17) is 11.6 Å². The van der Waals surface area contributed by atoms with Crippen molar-refractivity contribution in [3.8, 4) is 0 Å². The number of hydrogen-bond donors (Lipinski definition) is 2. The lowest BCUT2D eigenvalue weighted by Crippen LogP contribution is -2.16. The first-order valence-corrected chi connectivity index (χ1v) is 11.1. The highest BCUT2D eigenvalue weighted by Gasteiger charge is 2.19. The Balaban J connectivity index is 1.58. The molecule has 0 bridgehead atoms. The molecule has 0 unspecified atom stereocenters. The number of aromatic nitrogens is 4. The van der Waals surface area contributed by atoms with E-state index in [2.05, 4.69) is 41.3 Å². The Bertz CT molecular complexity index is 1220. The van der Waals surface area contributed by atoms with E-state index < -0.39 is 14.9 Å². The maximum absolute atomic E-state index is 12.4. The summed E-state index contributed by atoms with van der Waals surface area (Å²) in [4.78, 5) is 22.2. The van der Waals surface area contributed by atoms with Gasteiger partial charge in [0.1, 0.15) is 4.47 Å². The molecule has 162 valence electrons. The van der Waals surface area contributed by atoms with Crippen molar-refractivity contribution in [2.24, 2.45) is 0 Å². The third-order valence-electron chi connectivity index (χ3n) is 3.76. The summed E-state index contributed by atoms with van der Waals surface area (Å²) in [5.74, 6) is -0.706. The zero-order valence-corrected chi connectivity index (χ0v) is 18.6. The molecule has 1 amide bonds. The Morgan fingerprint density at radius 1 is 1.19 bits per heavy atom. The van der Waals surface area contributed by atoms with Crippen molar-refractivity contribution >= 4 is 60.8 Å². The summed E-state index contributed by atoms with van der Waals surface area (Å²) in [6.07, 6.45) is 1.41. The first-order chi connectivity index (χ1) is 14.6. The van der Waals surface area contributed by atoms with Gasteiger partial charge in [0.2, 0.25) is 5.91 Å². The largest absolute Gasteiger partial charge is 0.404 e. The van der Waals surface area contributed by atoms with Crippen LogP contribution in [0.5, 0.6) is 0 Å². The van der Waals surface area contributed by atoms with Gasteiger partial charge in [-0.05, 0) is 57.3 Å². The van der Waals surface area contributed by atoms with E-state index in [9.17, 15) is 23.3 Å². The molecule has 0 fully saturated rings. The standard InChI is InChI=1S/C16H13BrClN7O5S/c17-12-9-24(22-16(12)25(27)28)8-7-15(26)19-10-1-3-11(4-2-10)31(29,30)23-14-6-5-13(18)20-21-14/h1-6,9H,7-8H2,(H,19,26)(H,21,23). The van der Waals surface area contributed by atoms with Gasteiger partial charge in [0, 0.05) is 12.1 Å². The van der Waals surface area contributed by atoms with Crippen LogP contribution in [0.25, 0.3) is 0 Å². The molecule has 0 aliphatic heterocycles. The minimum absolute atomic E-state index is 0.00210. The number of nitrogens with zero attached hydrogens (tertiary/aromatic N) is 5.